The van der Waals surface area contributed by atoms with E-state index in [1.165, 1.54) is 6.20 Å². The number of hydrogen-bond donors (Lipinski definition) is 1. The molecule has 2 aromatic rings. The van der Waals surface area contributed by atoms with Crippen LogP contribution in [0.5, 0.6) is 11.5 Å². The molecule has 0 aliphatic heterocycles. The molecule has 0 aliphatic carbocycles. The third kappa shape index (κ3) is 2.28. The zero-order valence-corrected chi connectivity index (χ0v) is 10.5. The molecule has 2 rings (SSSR count). The Labute approximate surface area is 106 Å². The molecule has 0 radical (unpaired) electrons. The number of benzene rings is 1. The fourth-order valence-corrected chi connectivity index (χ4v) is 1.81. The Balaban J connectivity index is 2.38. The van der Waals surface area contributed by atoms with Crippen LogP contribution in [-0.4, -0.2) is 4.98 Å². The summed E-state index contributed by atoms with van der Waals surface area (Å²) in [6.45, 7) is 0. The minimum Gasteiger partial charge on any atom is -0.452 e. The number of aromatic nitrogens is 1. The lowest BCUT2D eigenvalue weighted by molar-refractivity contribution is 0.481. The molecule has 3 nitrogen and oxygen atoms in total. The molecular formula is C11H8BrClN2O. The maximum absolute atomic E-state index is 5.94. The van der Waals surface area contributed by atoms with Crippen LogP contribution in [0.25, 0.3) is 0 Å². The van der Waals surface area contributed by atoms with Crippen molar-refractivity contribution < 1.29 is 4.74 Å². The first-order valence-electron chi connectivity index (χ1n) is 4.50. The number of ether oxygens (including phenoxy) is 1. The highest BCUT2D eigenvalue weighted by Crippen LogP contribution is 2.36. The molecule has 0 atom stereocenters. The van der Waals surface area contributed by atoms with Crippen molar-refractivity contribution in [2.75, 3.05) is 5.73 Å². The fraction of sp³-hybridized carbons (Fsp3) is 0. The number of nitrogens with two attached hydrogens (primary N) is 1. The van der Waals surface area contributed by atoms with E-state index in [4.69, 9.17) is 22.1 Å². The number of rotatable bonds is 2. The normalized spacial score (nSPS) is 10.1. The number of anilines is 1. The summed E-state index contributed by atoms with van der Waals surface area (Å²) in [7, 11) is 0. The molecular weight excluding hydrogens is 291 g/mol. The molecule has 2 N–H and O–H groups in total. The summed E-state index contributed by atoms with van der Waals surface area (Å²) in [6.07, 6.45) is 3.12. The lowest BCUT2D eigenvalue weighted by Gasteiger charge is -2.10. The number of pyridine rings is 1. The summed E-state index contributed by atoms with van der Waals surface area (Å²) in [4.78, 5) is 3.88. The van der Waals surface area contributed by atoms with Gasteiger partial charge in [-0.25, -0.2) is 0 Å². The minimum atomic E-state index is 0.442. The standard InChI is InChI=1S/C11H8BrClN2O/c12-7-2-1-3-9(14)11(7)16-10-4-5-15-6-8(10)13/h1-6H,14H2. The van der Waals surface area contributed by atoms with Crippen molar-refractivity contribution in [2.45, 2.75) is 0 Å². The quantitative estimate of drug-likeness (QED) is 0.856. The van der Waals surface area contributed by atoms with Crippen LogP contribution in [0.2, 0.25) is 5.02 Å². The Morgan fingerprint density at radius 2 is 2.12 bits per heavy atom. The van der Waals surface area contributed by atoms with Crippen molar-refractivity contribution >= 4 is 33.2 Å². The Bertz CT molecular complexity index is 499. The van der Waals surface area contributed by atoms with Gasteiger partial charge in [-0.15, -0.1) is 0 Å². The van der Waals surface area contributed by atoms with E-state index in [1.54, 1.807) is 18.3 Å². The smallest absolute Gasteiger partial charge is 0.164 e. The predicted molar refractivity (Wildman–Crippen MR) is 67.9 cm³/mol. The molecule has 0 unspecified atom stereocenters. The lowest BCUT2D eigenvalue weighted by atomic mass is 10.3. The summed E-state index contributed by atoms with van der Waals surface area (Å²) >= 11 is 9.30. The SMILES string of the molecule is Nc1cccc(Br)c1Oc1ccncc1Cl. The molecule has 5 heteroatoms. The zero-order valence-electron chi connectivity index (χ0n) is 8.15. The molecule has 82 valence electrons. The average Bonchev–Trinajstić information content (AvgIpc) is 2.26. The third-order valence-corrected chi connectivity index (χ3v) is 2.85. The monoisotopic (exact) mass is 298 g/mol. The van der Waals surface area contributed by atoms with Crippen LogP contribution in [-0.2, 0) is 0 Å². The lowest BCUT2D eigenvalue weighted by Crippen LogP contribution is -1.93. The van der Waals surface area contributed by atoms with E-state index >= 15 is 0 Å². The molecule has 0 spiro atoms. The minimum absolute atomic E-state index is 0.442. The van der Waals surface area contributed by atoms with Gasteiger partial charge in [0.05, 0.1) is 10.2 Å². The number of para-hydroxylation sites is 1. The molecule has 1 aromatic heterocycles. The largest absolute Gasteiger partial charge is 0.452 e. The van der Waals surface area contributed by atoms with Crippen LogP contribution in [0.3, 0.4) is 0 Å². The number of halogens is 2. The van der Waals surface area contributed by atoms with Crippen LogP contribution in [0.1, 0.15) is 0 Å². The average molecular weight is 300 g/mol. The van der Waals surface area contributed by atoms with Gasteiger partial charge < -0.3 is 10.5 Å². The van der Waals surface area contributed by atoms with Gasteiger partial charge in [0.15, 0.2) is 5.75 Å². The molecule has 0 fully saturated rings. The number of nitrogen functional groups attached to an aromatic ring is 1. The highest BCUT2D eigenvalue weighted by Gasteiger charge is 2.08. The summed E-state index contributed by atoms with van der Waals surface area (Å²) in [5, 5.41) is 0.442. The van der Waals surface area contributed by atoms with E-state index in [9.17, 15) is 0 Å². The Kier molecular flexibility index (Phi) is 3.31. The van der Waals surface area contributed by atoms with Gasteiger partial charge in [-0.1, -0.05) is 17.7 Å². The first kappa shape index (κ1) is 11.2. The fourth-order valence-electron chi connectivity index (χ4n) is 1.19. The predicted octanol–water partition coefficient (Wildman–Crippen LogP) is 3.87. The molecule has 16 heavy (non-hydrogen) atoms. The van der Waals surface area contributed by atoms with E-state index in [0.29, 0.717) is 22.2 Å². The second-order valence-corrected chi connectivity index (χ2v) is 4.33. The molecule has 0 aliphatic rings. The van der Waals surface area contributed by atoms with Gasteiger partial charge in [-0.2, -0.15) is 0 Å². The summed E-state index contributed by atoms with van der Waals surface area (Å²) in [5.41, 5.74) is 6.35. The first-order valence-corrected chi connectivity index (χ1v) is 5.67. The zero-order chi connectivity index (χ0) is 11.5. The van der Waals surface area contributed by atoms with Crippen molar-refractivity contribution in [3.63, 3.8) is 0 Å². The van der Waals surface area contributed by atoms with E-state index in [2.05, 4.69) is 20.9 Å². The highest BCUT2D eigenvalue weighted by molar-refractivity contribution is 9.10. The Hall–Kier alpha value is -1.26. The molecule has 0 saturated carbocycles. The van der Waals surface area contributed by atoms with Gasteiger partial charge in [0, 0.05) is 18.5 Å². The molecule has 0 amide bonds. The highest BCUT2D eigenvalue weighted by atomic mass is 79.9. The van der Waals surface area contributed by atoms with E-state index in [1.807, 2.05) is 12.1 Å². The number of nitrogens with zero attached hydrogens (tertiary/aromatic N) is 1. The molecule has 0 bridgehead atoms. The van der Waals surface area contributed by atoms with Gasteiger partial charge in [0.1, 0.15) is 10.8 Å². The first-order chi connectivity index (χ1) is 7.68. The second-order valence-electron chi connectivity index (χ2n) is 3.07. The van der Waals surface area contributed by atoms with Gasteiger partial charge in [0.2, 0.25) is 0 Å². The summed E-state index contributed by atoms with van der Waals surface area (Å²) < 4.78 is 6.41. The Morgan fingerprint density at radius 3 is 2.81 bits per heavy atom. The van der Waals surface area contributed by atoms with E-state index in [0.717, 1.165) is 4.47 Å². The number of hydrogen-bond acceptors (Lipinski definition) is 3. The van der Waals surface area contributed by atoms with Crippen molar-refractivity contribution in [1.82, 2.24) is 4.98 Å². The van der Waals surface area contributed by atoms with Crippen LogP contribution < -0.4 is 10.5 Å². The second kappa shape index (κ2) is 4.72. The van der Waals surface area contributed by atoms with E-state index < -0.39 is 0 Å². The van der Waals surface area contributed by atoms with Crippen molar-refractivity contribution in [1.29, 1.82) is 0 Å². The van der Waals surface area contributed by atoms with Crippen molar-refractivity contribution in [2.24, 2.45) is 0 Å². The Morgan fingerprint density at radius 1 is 1.31 bits per heavy atom. The van der Waals surface area contributed by atoms with Crippen molar-refractivity contribution in [3.8, 4) is 11.5 Å². The topological polar surface area (TPSA) is 48.1 Å². The molecule has 1 heterocycles. The maximum atomic E-state index is 5.94. The van der Waals surface area contributed by atoms with Crippen molar-refractivity contribution in [3.05, 3.63) is 46.2 Å². The van der Waals surface area contributed by atoms with E-state index in [-0.39, 0.29) is 0 Å². The van der Waals surface area contributed by atoms with Crippen LogP contribution in [0, 0.1) is 0 Å². The van der Waals surface area contributed by atoms with Gasteiger partial charge in [-0.05, 0) is 28.1 Å². The summed E-state index contributed by atoms with van der Waals surface area (Å²) in [5.74, 6) is 1.07. The third-order valence-electron chi connectivity index (χ3n) is 1.94. The van der Waals surface area contributed by atoms with Gasteiger partial charge >= 0.3 is 0 Å². The summed E-state index contributed by atoms with van der Waals surface area (Å²) in [6, 6.07) is 7.12. The van der Waals surface area contributed by atoms with Crippen LogP contribution >= 0.6 is 27.5 Å². The van der Waals surface area contributed by atoms with Crippen LogP contribution in [0.15, 0.2) is 41.1 Å². The van der Waals surface area contributed by atoms with Gasteiger partial charge in [0.25, 0.3) is 0 Å². The van der Waals surface area contributed by atoms with Crippen LogP contribution in [0.4, 0.5) is 5.69 Å². The van der Waals surface area contributed by atoms with Gasteiger partial charge in [-0.3, -0.25) is 4.98 Å². The maximum Gasteiger partial charge on any atom is 0.164 e. The molecule has 1 aromatic carbocycles. The molecule has 0 saturated heterocycles.